The van der Waals surface area contributed by atoms with Crippen LogP contribution in [0.15, 0.2) is 285 Å². The number of benzene rings is 13. The molecule has 0 aliphatic rings. The van der Waals surface area contributed by atoms with E-state index in [-0.39, 0.29) is 0 Å². The van der Waals surface area contributed by atoms with Crippen LogP contribution in [0, 0.1) is 41.5 Å². The lowest BCUT2D eigenvalue weighted by molar-refractivity contribution is 0.979. The van der Waals surface area contributed by atoms with Gasteiger partial charge in [-0.25, -0.2) is 0 Å². The third-order valence-electron chi connectivity index (χ3n) is 17.4. The smallest absolute Gasteiger partial charge is 0.0568 e. The quantitative estimate of drug-likeness (QED) is 0.107. The van der Waals surface area contributed by atoms with E-state index in [1.165, 1.54) is 88.1 Å². The molecule has 0 saturated carbocycles. The zero-order valence-corrected chi connectivity index (χ0v) is 50.4. The highest BCUT2D eigenvalue weighted by Crippen LogP contribution is 2.49. The Morgan fingerprint density at radius 3 is 0.736 bits per heavy atom. The predicted octanol–water partition coefficient (Wildman–Crippen LogP) is 23.4. The first kappa shape index (κ1) is 54.3. The maximum atomic E-state index is 2.44. The van der Waals surface area contributed by atoms with Crippen LogP contribution in [0.4, 0.5) is 51.2 Å². The molecule has 87 heavy (non-hydrogen) atoms. The lowest BCUT2D eigenvalue weighted by Gasteiger charge is -2.26. The SMILES string of the molecule is Cc1ccc(N(c2ccc(C)cc2)c2ccc(-c3c4ccccc4c(-c4ccc5c(-c6ccc(N(c7ccc(C)cc7)c7ccc(C)cc7)cc6)c(-c6ccc(N(c7ccc(C)cc7)c7ccc(C)cc7)cc6)n(C)c5c4)c4ccccc34)cc2)cc1. The van der Waals surface area contributed by atoms with Crippen molar-refractivity contribution >= 4 is 83.6 Å². The summed E-state index contributed by atoms with van der Waals surface area (Å²) in [6, 6.07) is 106. The molecular formula is C83H68N4. The number of fused-ring (bicyclic) bond motifs is 3. The van der Waals surface area contributed by atoms with Gasteiger partial charge in [0.15, 0.2) is 0 Å². The van der Waals surface area contributed by atoms with Crippen LogP contribution in [0.25, 0.3) is 77.1 Å². The predicted molar refractivity (Wildman–Crippen MR) is 372 cm³/mol. The van der Waals surface area contributed by atoms with Crippen LogP contribution in [-0.2, 0) is 7.05 Å². The molecule has 0 N–H and O–H groups in total. The van der Waals surface area contributed by atoms with Gasteiger partial charge in [-0.3, -0.25) is 0 Å². The Morgan fingerprint density at radius 2 is 0.448 bits per heavy atom. The van der Waals surface area contributed by atoms with Crippen molar-refractivity contribution in [2.45, 2.75) is 41.5 Å². The summed E-state index contributed by atoms with van der Waals surface area (Å²) in [5, 5.41) is 6.07. The molecule has 13 aromatic carbocycles. The molecule has 0 atom stereocenters. The van der Waals surface area contributed by atoms with E-state index < -0.39 is 0 Å². The van der Waals surface area contributed by atoms with Crippen LogP contribution >= 0.6 is 0 Å². The Bertz CT molecular complexity index is 4600. The van der Waals surface area contributed by atoms with Gasteiger partial charge >= 0.3 is 0 Å². The fraction of sp³-hybridized carbons (Fsp3) is 0.0843. The van der Waals surface area contributed by atoms with E-state index >= 15 is 0 Å². The molecule has 4 heteroatoms. The van der Waals surface area contributed by atoms with Crippen molar-refractivity contribution in [3.8, 4) is 44.6 Å². The molecule has 1 aromatic heterocycles. The molecule has 4 nitrogen and oxygen atoms in total. The van der Waals surface area contributed by atoms with Crippen LogP contribution in [0.1, 0.15) is 33.4 Å². The number of hydrogen-bond acceptors (Lipinski definition) is 3. The Labute approximate surface area is 511 Å². The molecule has 420 valence electrons. The van der Waals surface area contributed by atoms with E-state index in [1.54, 1.807) is 0 Å². The largest absolute Gasteiger partial charge is 0.343 e. The summed E-state index contributed by atoms with van der Waals surface area (Å²) >= 11 is 0. The minimum Gasteiger partial charge on any atom is -0.343 e. The lowest BCUT2D eigenvalue weighted by Crippen LogP contribution is -2.10. The minimum atomic E-state index is 1.09. The van der Waals surface area contributed by atoms with Gasteiger partial charge in [0.05, 0.1) is 5.69 Å². The number of hydrogen-bond donors (Lipinski definition) is 0. The second-order valence-corrected chi connectivity index (χ2v) is 23.5. The number of rotatable bonds is 13. The molecule has 0 saturated heterocycles. The van der Waals surface area contributed by atoms with Gasteiger partial charge in [-0.2, -0.15) is 0 Å². The average Bonchev–Trinajstić information content (AvgIpc) is 2.08. The summed E-state index contributed by atoms with van der Waals surface area (Å²) in [5.41, 5.74) is 28.0. The second kappa shape index (κ2) is 22.7. The standard InChI is InChI=1S/C83H68N4/c1-55-16-35-65(36-17-55)85(66-37-18-56(2)19-38-66)71-47-28-61(29-48-71)80-74-12-8-10-14-76(74)81(77-15-11-9-13-75(77)80)64-34-53-78-79(54-64)84(7)83(63-32-51-73(52-33-63)87(69-43-24-59(5)25-44-69)70-45-26-60(6)27-46-70)82(78)62-30-49-72(50-31-62)86(67-39-20-57(3)21-40-67)68-41-22-58(4)23-42-68/h8-54H,1-7H3. The average molecular weight is 1120 g/mol. The molecule has 0 amide bonds. The summed E-state index contributed by atoms with van der Waals surface area (Å²) in [6.45, 7) is 12.9. The fourth-order valence-electron chi connectivity index (χ4n) is 12.8. The summed E-state index contributed by atoms with van der Waals surface area (Å²) < 4.78 is 2.43. The molecule has 0 bridgehead atoms. The Kier molecular flexibility index (Phi) is 14.2. The minimum absolute atomic E-state index is 1.09. The number of nitrogens with zero attached hydrogens (tertiary/aromatic N) is 4. The molecule has 0 aliphatic carbocycles. The van der Waals surface area contributed by atoms with Crippen LogP contribution < -0.4 is 14.7 Å². The van der Waals surface area contributed by atoms with E-state index in [4.69, 9.17) is 0 Å². The molecule has 0 spiro atoms. The van der Waals surface area contributed by atoms with Gasteiger partial charge in [-0.15, -0.1) is 0 Å². The van der Waals surface area contributed by atoms with Crippen molar-refractivity contribution < 1.29 is 0 Å². The Hall–Kier alpha value is -10.7. The van der Waals surface area contributed by atoms with E-state index in [0.29, 0.717) is 0 Å². The van der Waals surface area contributed by atoms with Crippen molar-refractivity contribution in [1.82, 2.24) is 4.57 Å². The first-order valence-corrected chi connectivity index (χ1v) is 30.2. The van der Waals surface area contributed by atoms with E-state index in [2.05, 4.69) is 353 Å². The summed E-state index contributed by atoms with van der Waals surface area (Å²) in [7, 11) is 2.25. The third kappa shape index (κ3) is 10.3. The Morgan fingerprint density at radius 1 is 0.218 bits per heavy atom. The monoisotopic (exact) mass is 1120 g/mol. The van der Waals surface area contributed by atoms with Gasteiger partial charge in [-0.05, 0) is 212 Å². The molecule has 14 rings (SSSR count). The summed E-state index contributed by atoms with van der Waals surface area (Å²) in [5.74, 6) is 0. The van der Waals surface area contributed by atoms with Crippen LogP contribution in [0.5, 0.6) is 0 Å². The summed E-state index contributed by atoms with van der Waals surface area (Å²) in [6.07, 6.45) is 0. The molecule has 1 heterocycles. The normalized spacial score (nSPS) is 11.4. The van der Waals surface area contributed by atoms with Gasteiger partial charge < -0.3 is 19.3 Å². The third-order valence-corrected chi connectivity index (χ3v) is 17.4. The fourth-order valence-corrected chi connectivity index (χ4v) is 12.8. The van der Waals surface area contributed by atoms with Crippen molar-refractivity contribution in [2.24, 2.45) is 7.05 Å². The molecule has 0 radical (unpaired) electrons. The highest BCUT2D eigenvalue weighted by atomic mass is 15.2. The number of aromatic nitrogens is 1. The van der Waals surface area contributed by atoms with Gasteiger partial charge in [0.1, 0.15) is 0 Å². The van der Waals surface area contributed by atoms with E-state index in [1.807, 2.05) is 0 Å². The molecule has 0 fully saturated rings. The summed E-state index contributed by atoms with van der Waals surface area (Å²) in [4.78, 5) is 7.06. The van der Waals surface area contributed by atoms with Crippen molar-refractivity contribution in [3.63, 3.8) is 0 Å². The first-order valence-electron chi connectivity index (χ1n) is 30.2. The molecule has 0 unspecified atom stereocenters. The van der Waals surface area contributed by atoms with Gasteiger partial charge in [0, 0.05) is 74.7 Å². The highest BCUT2D eigenvalue weighted by molar-refractivity contribution is 6.22. The van der Waals surface area contributed by atoms with E-state index in [9.17, 15) is 0 Å². The second-order valence-electron chi connectivity index (χ2n) is 23.5. The lowest BCUT2D eigenvalue weighted by atomic mass is 9.85. The Balaban J connectivity index is 0.916. The van der Waals surface area contributed by atoms with Gasteiger partial charge in [0.25, 0.3) is 0 Å². The van der Waals surface area contributed by atoms with Gasteiger partial charge in [-0.1, -0.05) is 203 Å². The van der Waals surface area contributed by atoms with E-state index in [0.717, 1.165) is 73.5 Å². The number of aryl methyl sites for hydroxylation is 7. The maximum absolute atomic E-state index is 2.44. The topological polar surface area (TPSA) is 14.7 Å². The highest BCUT2D eigenvalue weighted by Gasteiger charge is 2.24. The van der Waals surface area contributed by atoms with Crippen molar-refractivity contribution in [3.05, 3.63) is 318 Å². The zero-order chi connectivity index (χ0) is 59.3. The van der Waals surface area contributed by atoms with Crippen LogP contribution in [-0.4, -0.2) is 4.57 Å². The van der Waals surface area contributed by atoms with Crippen molar-refractivity contribution in [1.29, 1.82) is 0 Å². The van der Waals surface area contributed by atoms with Gasteiger partial charge in [0.2, 0.25) is 0 Å². The number of anilines is 9. The molecule has 14 aromatic rings. The molecular weight excluding hydrogens is 1050 g/mol. The first-order chi connectivity index (χ1) is 42.5. The zero-order valence-electron chi connectivity index (χ0n) is 50.4. The van der Waals surface area contributed by atoms with Crippen LogP contribution in [0.2, 0.25) is 0 Å². The maximum Gasteiger partial charge on any atom is 0.0568 e. The van der Waals surface area contributed by atoms with Crippen molar-refractivity contribution in [2.75, 3.05) is 14.7 Å². The molecule has 0 aliphatic heterocycles. The van der Waals surface area contributed by atoms with Crippen LogP contribution in [0.3, 0.4) is 0 Å².